The molecule has 2 aromatic rings. The summed E-state index contributed by atoms with van der Waals surface area (Å²) in [6.07, 6.45) is 3.11. The van der Waals surface area contributed by atoms with Gasteiger partial charge in [-0.1, -0.05) is 11.6 Å². The molecule has 1 amide bonds. The molecule has 1 aliphatic rings. The maximum atomic E-state index is 12.9. The molecule has 0 N–H and O–H groups in total. The van der Waals surface area contributed by atoms with E-state index in [4.69, 9.17) is 11.6 Å². The smallest absolute Gasteiger partial charge is 0.276 e. The van der Waals surface area contributed by atoms with E-state index in [1.165, 1.54) is 8.99 Å². The molecule has 3 rings (SSSR count). The number of amides is 1. The first-order chi connectivity index (χ1) is 12.2. The van der Waals surface area contributed by atoms with Crippen LogP contribution >= 0.6 is 11.6 Å². The first kappa shape index (κ1) is 18.9. The van der Waals surface area contributed by atoms with Crippen LogP contribution in [0.3, 0.4) is 0 Å². The van der Waals surface area contributed by atoms with Gasteiger partial charge in [0.05, 0.1) is 10.7 Å². The molecule has 1 fully saturated rings. The largest absolute Gasteiger partial charge is 0.335 e. The molecular weight excluding hydrogens is 380 g/mol. The van der Waals surface area contributed by atoms with Crippen molar-refractivity contribution < 1.29 is 13.2 Å². The second kappa shape index (κ2) is 7.01. The number of aryl methyl sites for hydroxylation is 3. The minimum absolute atomic E-state index is 0.186. The fraction of sp³-hybridized carbons (Fsp3) is 0.533. The van der Waals surface area contributed by atoms with Crippen LogP contribution in [0.4, 0.5) is 0 Å². The Morgan fingerprint density at radius 2 is 1.85 bits per heavy atom. The van der Waals surface area contributed by atoms with Crippen molar-refractivity contribution in [3.05, 3.63) is 28.8 Å². The molecule has 0 aromatic carbocycles. The van der Waals surface area contributed by atoms with Crippen LogP contribution in [0.1, 0.15) is 23.1 Å². The van der Waals surface area contributed by atoms with Gasteiger partial charge in [-0.3, -0.25) is 14.2 Å². The van der Waals surface area contributed by atoms with Gasteiger partial charge in [-0.25, -0.2) is 8.42 Å². The number of hydrogen-bond donors (Lipinski definition) is 0. The highest BCUT2D eigenvalue weighted by Gasteiger charge is 2.33. The van der Waals surface area contributed by atoms with Gasteiger partial charge < -0.3 is 4.90 Å². The Labute approximate surface area is 157 Å². The predicted molar refractivity (Wildman–Crippen MR) is 95.5 cm³/mol. The van der Waals surface area contributed by atoms with E-state index >= 15 is 0 Å². The van der Waals surface area contributed by atoms with Gasteiger partial charge in [-0.15, -0.1) is 0 Å². The Morgan fingerprint density at radius 1 is 1.19 bits per heavy atom. The van der Waals surface area contributed by atoms with Crippen LogP contribution in [-0.2, 0) is 23.6 Å². The standard InChI is InChI=1S/C15H21ClN6O3S/c1-4-21-10-13(11(2)17-21)26(24,25)22-7-5-20(6-8-22)15(23)14-12(16)9-19(3)18-14/h9-10H,4-8H2,1-3H3. The van der Waals surface area contributed by atoms with Crippen molar-refractivity contribution in [2.24, 2.45) is 7.05 Å². The number of nitrogens with zero attached hydrogens (tertiary/aromatic N) is 6. The van der Waals surface area contributed by atoms with Crippen LogP contribution in [0.25, 0.3) is 0 Å². The van der Waals surface area contributed by atoms with E-state index in [2.05, 4.69) is 10.2 Å². The average molecular weight is 401 g/mol. The van der Waals surface area contributed by atoms with Crippen LogP contribution in [-0.4, -0.2) is 69.3 Å². The average Bonchev–Trinajstić information content (AvgIpc) is 3.16. The van der Waals surface area contributed by atoms with Gasteiger partial charge in [0, 0.05) is 52.2 Å². The van der Waals surface area contributed by atoms with E-state index in [0.29, 0.717) is 12.2 Å². The summed E-state index contributed by atoms with van der Waals surface area (Å²) in [6, 6.07) is 0. The van der Waals surface area contributed by atoms with Crippen molar-refractivity contribution in [2.75, 3.05) is 26.2 Å². The molecule has 3 heterocycles. The Kier molecular flexibility index (Phi) is 5.09. The number of piperazine rings is 1. The molecule has 11 heteroatoms. The van der Waals surface area contributed by atoms with E-state index < -0.39 is 10.0 Å². The van der Waals surface area contributed by atoms with Crippen LogP contribution < -0.4 is 0 Å². The van der Waals surface area contributed by atoms with Crippen LogP contribution in [0, 0.1) is 6.92 Å². The van der Waals surface area contributed by atoms with Crippen molar-refractivity contribution >= 4 is 27.5 Å². The SMILES string of the molecule is CCn1cc(S(=O)(=O)N2CCN(C(=O)c3nn(C)cc3Cl)CC2)c(C)n1. The monoisotopic (exact) mass is 400 g/mol. The summed E-state index contributed by atoms with van der Waals surface area (Å²) in [5.41, 5.74) is 0.663. The van der Waals surface area contributed by atoms with Crippen molar-refractivity contribution in [1.29, 1.82) is 0 Å². The summed E-state index contributed by atoms with van der Waals surface area (Å²) in [4.78, 5) is 14.3. The molecule has 2 aromatic heterocycles. The first-order valence-corrected chi connectivity index (χ1v) is 10.1. The summed E-state index contributed by atoms with van der Waals surface area (Å²) in [7, 11) is -1.95. The summed E-state index contributed by atoms with van der Waals surface area (Å²) in [5.74, 6) is -0.289. The number of carbonyl (C=O) groups is 1. The predicted octanol–water partition coefficient (Wildman–Crippen LogP) is 0.745. The molecule has 0 aliphatic carbocycles. The van der Waals surface area contributed by atoms with Crippen molar-refractivity contribution in [3.63, 3.8) is 0 Å². The van der Waals surface area contributed by atoms with Crippen molar-refractivity contribution in [3.8, 4) is 0 Å². The molecular formula is C15H21ClN6O3S. The normalized spacial score (nSPS) is 16.2. The molecule has 142 valence electrons. The molecule has 9 nitrogen and oxygen atoms in total. The van der Waals surface area contributed by atoms with Gasteiger partial charge in [0.1, 0.15) is 4.90 Å². The molecule has 0 saturated carbocycles. The van der Waals surface area contributed by atoms with Gasteiger partial charge in [-0.05, 0) is 13.8 Å². The maximum absolute atomic E-state index is 12.9. The number of carbonyl (C=O) groups excluding carboxylic acids is 1. The topological polar surface area (TPSA) is 93.3 Å². The second-order valence-electron chi connectivity index (χ2n) is 6.13. The first-order valence-electron chi connectivity index (χ1n) is 8.26. The molecule has 0 atom stereocenters. The number of rotatable bonds is 4. The highest BCUT2D eigenvalue weighted by atomic mass is 35.5. The lowest BCUT2D eigenvalue weighted by molar-refractivity contribution is 0.0691. The third-order valence-corrected chi connectivity index (χ3v) is 6.63. The zero-order valence-corrected chi connectivity index (χ0v) is 16.5. The van der Waals surface area contributed by atoms with Crippen LogP contribution in [0.2, 0.25) is 5.02 Å². The fourth-order valence-corrected chi connectivity index (χ4v) is 4.79. The third kappa shape index (κ3) is 3.36. The van der Waals surface area contributed by atoms with Crippen LogP contribution in [0.15, 0.2) is 17.3 Å². The van der Waals surface area contributed by atoms with E-state index in [1.54, 1.807) is 35.9 Å². The molecule has 26 heavy (non-hydrogen) atoms. The van der Waals surface area contributed by atoms with Gasteiger partial charge >= 0.3 is 0 Å². The molecule has 0 spiro atoms. The number of aromatic nitrogens is 4. The minimum Gasteiger partial charge on any atom is -0.335 e. The second-order valence-corrected chi connectivity index (χ2v) is 8.44. The molecule has 0 radical (unpaired) electrons. The number of sulfonamides is 1. The summed E-state index contributed by atoms with van der Waals surface area (Å²) < 4.78 is 30.2. The van der Waals surface area contributed by atoms with Gasteiger partial charge in [0.15, 0.2) is 5.69 Å². The molecule has 0 unspecified atom stereocenters. The highest BCUT2D eigenvalue weighted by molar-refractivity contribution is 7.89. The van der Waals surface area contributed by atoms with Crippen molar-refractivity contribution in [1.82, 2.24) is 28.8 Å². The Balaban J connectivity index is 1.72. The summed E-state index contributed by atoms with van der Waals surface area (Å²) >= 11 is 6.03. The van der Waals surface area contributed by atoms with Gasteiger partial charge in [-0.2, -0.15) is 14.5 Å². The quantitative estimate of drug-likeness (QED) is 0.754. The molecule has 0 bridgehead atoms. The van der Waals surface area contributed by atoms with Gasteiger partial charge in [0.25, 0.3) is 5.91 Å². The van der Waals surface area contributed by atoms with E-state index in [0.717, 1.165) is 0 Å². The lowest BCUT2D eigenvalue weighted by atomic mass is 10.3. The highest BCUT2D eigenvalue weighted by Crippen LogP contribution is 2.22. The van der Waals surface area contributed by atoms with E-state index in [-0.39, 0.29) is 47.7 Å². The number of halogens is 1. The minimum atomic E-state index is -3.63. The van der Waals surface area contributed by atoms with E-state index in [9.17, 15) is 13.2 Å². The zero-order chi connectivity index (χ0) is 19.1. The van der Waals surface area contributed by atoms with E-state index in [1.807, 2.05) is 6.92 Å². The van der Waals surface area contributed by atoms with Crippen LogP contribution in [0.5, 0.6) is 0 Å². The lowest BCUT2D eigenvalue weighted by Gasteiger charge is -2.33. The lowest BCUT2D eigenvalue weighted by Crippen LogP contribution is -2.50. The maximum Gasteiger partial charge on any atom is 0.276 e. The number of hydrogen-bond acceptors (Lipinski definition) is 5. The zero-order valence-electron chi connectivity index (χ0n) is 14.9. The Hall–Kier alpha value is -1.91. The summed E-state index contributed by atoms with van der Waals surface area (Å²) in [5, 5.41) is 8.57. The summed E-state index contributed by atoms with van der Waals surface area (Å²) in [6.45, 7) is 5.18. The van der Waals surface area contributed by atoms with Gasteiger partial charge in [0.2, 0.25) is 10.0 Å². The van der Waals surface area contributed by atoms with Crippen molar-refractivity contribution in [2.45, 2.75) is 25.3 Å². The fourth-order valence-electron chi connectivity index (χ4n) is 2.94. The molecule has 1 saturated heterocycles. The Morgan fingerprint density at radius 3 is 2.35 bits per heavy atom. The molecule has 1 aliphatic heterocycles. The Bertz CT molecular complexity index is 927. The third-order valence-electron chi connectivity index (χ3n) is 4.36.